The second-order valence-corrected chi connectivity index (χ2v) is 9.13. The molecule has 0 aromatic heterocycles. The topological polar surface area (TPSA) is 46.1 Å². The van der Waals surface area contributed by atoms with E-state index < -0.39 is 0 Å². The number of anilines is 1. The molecule has 2 aliphatic rings. The Labute approximate surface area is 190 Å². The van der Waals surface area contributed by atoms with Crippen LogP contribution in [0.25, 0.3) is 0 Å². The van der Waals surface area contributed by atoms with Gasteiger partial charge in [0.1, 0.15) is 0 Å². The van der Waals surface area contributed by atoms with Crippen LogP contribution in [-0.4, -0.2) is 87.8 Å². The number of likely N-dealkylation sites (tertiary alicyclic amines) is 1. The first-order valence-electron chi connectivity index (χ1n) is 12.4. The summed E-state index contributed by atoms with van der Waals surface area (Å²) in [7, 11) is 1.88. The van der Waals surface area contributed by atoms with Crippen LogP contribution in [0.3, 0.4) is 0 Å². The molecule has 1 aromatic carbocycles. The van der Waals surface area contributed by atoms with Gasteiger partial charge in [-0.3, -0.25) is 9.89 Å². The molecule has 2 aliphatic heterocycles. The third-order valence-electron chi connectivity index (χ3n) is 6.62. The van der Waals surface area contributed by atoms with Crippen molar-refractivity contribution in [3.8, 4) is 0 Å². The van der Waals surface area contributed by atoms with E-state index in [0.29, 0.717) is 6.04 Å². The fourth-order valence-electron chi connectivity index (χ4n) is 4.73. The number of benzene rings is 1. The first-order chi connectivity index (χ1) is 15.2. The summed E-state index contributed by atoms with van der Waals surface area (Å²) in [6.45, 7) is 14.9. The molecule has 0 aliphatic carbocycles. The second kappa shape index (κ2) is 12.9. The van der Waals surface area contributed by atoms with Gasteiger partial charge in [-0.2, -0.15) is 0 Å². The highest BCUT2D eigenvalue weighted by Crippen LogP contribution is 2.18. The molecule has 31 heavy (non-hydrogen) atoms. The molecular weight excluding hydrogens is 384 g/mol. The van der Waals surface area contributed by atoms with Crippen molar-refractivity contribution >= 4 is 11.6 Å². The first kappa shape index (κ1) is 23.9. The number of hydrogen-bond donors (Lipinski definition) is 2. The van der Waals surface area contributed by atoms with Crippen molar-refractivity contribution in [3.05, 3.63) is 29.8 Å². The lowest BCUT2D eigenvalue weighted by Gasteiger charge is -2.36. The van der Waals surface area contributed by atoms with Crippen LogP contribution < -0.4 is 15.5 Å². The molecule has 0 bridgehead atoms. The van der Waals surface area contributed by atoms with Crippen LogP contribution in [0, 0.1) is 6.92 Å². The maximum absolute atomic E-state index is 4.43. The zero-order valence-corrected chi connectivity index (χ0v) is 20.1. The first-order valence-corrected chi connectivity index (χ1v) is 12.4. The Bertz CT molecular complexity index is 660. The molecule has 6 heteroatoms. The predicted octanol–water partition coefficient (Wildman–Crippen LogP) is 2.94. The minimum Gasteiger partial charge on any atom is -0.369 e. The van der Waals surface area contributed by atoms with Gasteiger partial charge in [-0.25, -0.2) is 0 Å². The molecule has 0 atom stereocenters. The number of aliphatic imine (C=N–C) groups is 1. The van der Waals surface area contributed by atoms with E-state index in [4.69, 9.17) is 0 Å². The maximum Gasteiger partial charge on any atom is 0.191 e. The van der Waals surface area contributed by atoms with Crippen LogP contribution >= 0.6 is 0 Å². The third kappa shape index (κ3) is 8.00. The molecule has 2 fully saturated rings. The number of nitrogens with one attached hydrogen (secondary N) is 2. The number of piperazine rings is 1. The van der Waals surface area contributed by atoms with Crippen molar-refractivity contribution < 1.29 is 0 Å². The monoisotopic (exact) mass is 428 g/mol. The highest BCUT2D eigenvalue weighted by atomic mass is 15.3. The predicted molar refractivity (Wildman–Crippen MR) is 133 cm³/mol. The SMILES string of the molecule is CCCN1CCC(NC(=NC)NCCCCN2CCN(c3cccc(C)c3)CC2)CC1. The molecule has 1 aromatic rings. The fourth-order valence-corrected chi connectivity index (χ4v) is 4.73. The standard InChI is InChI=1S/C25H44N6/c1-4-13-29-15-10-23(11-16-29)28-25(26-3)27-12-5-6-14-30-17-19-31(20-18-30)24-9-7-8-22(2)21-24/h7-9,21,23H,4-6,10-20H2,1-3H3,(H2,26,27,28). The van der Waals surface area contributed by atoms with Gasteiger partial charge in [0.25, 0.3) is 0 Å². The van der Waals surface area contributed by atoms with Crippen LogP contribution in [0.2, 0.25) is 0 Å². The van der Waals surface area contributed by atoms with Crippen molar-refractivity contribution in [3.63, 3.8) is 0 Å². The smallest absolute Gasteiger partial charge is 0.191 e. The van der Waals surface area contributed by atoms with Gasteiger partial charge in [0.05, 0.1) is 0 Å². The van der Waals surface area contributed by atoms with E-state index in [1.165, 1.54) is 82.6 Å². The maximum atomic E-state index is 4.43. The van der Waals surface area contributed by atoms with Crippen LogP contribution in [0.4, 0.5) is 5.69 Å². The van der Waals surface area contributed by atoms with Crippen molar-refractivity contribution in [1.29, 1.82) is 0 Å². The summed E-state index contributed by atoms with van der Waals surface area (Å²) in [5.74, 6) is 0.973. The molecule has 0 amide bonds. The van der Waals surface area contributed by atoms with Crippen molar-refractivity contribution in [1.82, 2.24) is 20.4 Å². The average Bonchev–Trinajstić information content (AvgIpc) is 2.80. The van der Waals surface area contributed by atoms with E-state index in [1.54, 1.807) is 0 Å². The van der Waals surface area contributed by atoms with Crippen LogP contribution in [0.1, 0.15) is 44.6 Å². The minimum atomic E-state index is 0.559. The molecular formula is C25H44N6. The Morgan fingerprint density at radius 1 is 1.00 bits per heavy atom. The van der Waals surface area contributed by atoms with Gasteiger partial charge < -0.3 is 20.4 Å². The van der Waals surface area contributed by atoms with E-state index in [-0.39, 0.29) is 0 Å². The highest BCUT2D eigenvalue weighted by molar-refractivity contribution is 5.79. The molecule has 3 rings (SSSR count). The molecule has 0 saturated carbocycles. The number of hydrogen-bond acceptors (Lipinski definition) is 4. The Morgan fingerprint density at radius 3 is 2.42 bits per heavy atom. The number of unbranched alkanes of at least 4 members (excludes halogenated alkanes) is 1. The summed E-state index contributed by atoms with van der Waals surface area (Å²) in [4.78, 5) is 12.1. The van der Waals surface area contributed by atoms with Gasteiger partial charge in [-0.1, -0.05) is 19.1 Å². The fraction of sp³-hybridized carbons (Fsp3) is 0.720. The summed E-state index contributed by atoms with van der Waals surface area (Å²) in [6, 6.07) is 9.44. The number of rotatable bonds is 9. The third-order valence-corrected chi connectivity index (χ3v) is 6.62. The van der Waals surface area contributed by atoms with E-state index in [0.717, 1.165) is 25.6 Å². The Balaban J connectivity index is 1.25. The van der Waals surface area contributed by atoms with E-state index in [1.807, 2.05) is 7.05 Å². The zero-order valence-electron chi connectivity index (χ0n) is 20.1. The van der Waals surface area contributed by atoms with Crippen LogP contribution in [-0.2, 0) is 0 Å². The van der Waals surface area contributed by atoms with Crippen molar-refractivity contribution in [2.24, 2.45) is 4.99 Å². The normalized spacial score (nSPS) is 19.6. The number of nitrogens with zero attached hydrogens (tertiary/aromatic N) is 4. The Morgan fingerprint density at radius 2 is 1.74 bits per heavy atom. The van der Waals surface area contributed by atoms with Gasteiger partial charge in [0.15, 0.2) is 5.96 Å². The van der Waals surface area contributed by atoms with Crippen molar-refractivity contribution in [2.45, 2.75) is 52.0 Å². The molecule has 0 unspecified atom stereocenters. The summed E-state index contributed by atoms with van der Waals surface area (Å²) >= 11 is 0. The summed E-state index contributed by atoms with van der Waals surface area (Å²) < 4.78 is 0. The second-order valence-electron chi connectivity index (χ2n) is 9.13. The number of piperidine rings is 1. The van der Waals surface area contributed by atoms with Gasteiger partial charge >= 0.3 is 0 Å². The lowest BCUT2D eigenvalue weighted by atomic mass is 10.1. The van der Waals surface area contributed by atoms with Crippen LogP contribution in [0.15, 0.2) is 29.3 Å². The van der Waals surface area contributed by atoms with Crippen LogP contribution in [0.5, 0.6) is 0 Å². The largest absolute Gasteiger partial charge is 0.369 e. The molecule has 2 heterocycles. The summed E-state index contributed by atoms with van der Waals surface area (Å²) in [5, 5.41) is 7.15. The van der Waals surface area contributed by atoms with E-state index in [9.17, 15) is 0 Å². The molecule has 2 N–H and O–H groups in total. The molecule has 0 radical (unpaired) electrons. The van der Waals surface area contributed by atoms with E-state index >= 15 is 0 Å². The highest BCUT2D eigenvalue weighted by Gasteiger charge is 2.19. The number of aryl methyl sites for hydroxylation is 1. The van der Waals surface area contributed by atoms with Crippen molar-refractivity contribution in [2.75, 3.05) is 70.9 Å². The number of guanidine groups is 1. The zero-order chi connectivity index (χ0) is 21.9. The van der Waals surface area contributed by atoms with E-state index in [2.05, 4.69) is 68.4 Å². The molecule has 0 spiro atoms. The quantitative estimate of drug-likeness (QED) is 0.360. The molecule has 2 saturated heterocycles. The van der Waals surface area contributed by atoms with Gasteiger partial charge in [-0.05, 0) is 69.8 Å². The average molecular weight is 429 g/mol. The van der Waals surface area contributed by atoms with Gasteiger partial charge in [0.2, 0.25) is 0 Å². The van der Waals surface area contributed by atoms with Gasteiger partial charge in [0, 0.05) is 64.6 Å². The molecule has 6 nitrogen and oxygen atoms in total. The summed E-state index contributed by atoms with van der Waals surface area (Å²) in [5.41, 5.74) is 2.72. The van der Waals surface area contributed by atoms with Gasteiger partial charge in [-0.15, -0.1) is 0 Å². The molecule has 174 valence electrons. The Hall–Kier alpha value is -1.79. The lowest BCUT2D eigenvalue weighted by molar-refractivity contribution is 0.206. The lowest BCUT2D eigenvalue weighted by Crippen LogP contribution is -2.49. The Kier molecular flexibility index (Phi) is 9.94. The minimum absolute atomic E-state index is 0.559. The summed E-state index contributed by atoms with van der Waals surface area (Å²) in [6.07, 6.45) is 6.12.